The van der Waals surface area contributed by atoms with Gasteiger partial charge in [-0.05, 0) is 29.3 Å². The Hall–Kier alpha value is -3.09. The molecule has 0 saturated heterocycles. The number of tetrazole rings is 1. The number of halogens is 1. The summed E-state index contributed by atoms with van der Waals surface area (Å²) in [6.07, 6.45) is 0.716. The van der Waals surface area contributed by atoms with E-state index >= 15 is 0 Å². The summed E-state index contributed by atoms with van der Waals surface area (Å²) in [7, 11) is 1.73. The average Bonchev–Trinajstić information content (AvgIpc) is 3.13. The monoisotopic (exact) mass is 353 g/mol. The van der Waals surface area contributed by atoms with Gasteiger partial charge in [0.15, 0.2) is 0 Å². The third kappa shape index (κ3) is 3.93. The van der Waals surface area contributed by atoms with Gasteiger partial charge in [-0.2, -0.15) is 4.80 Å². The number of hydrogen-bond acceptors (Lipinski definition) is 4. The molecule has 0 aliphatic rings. The maximum Gasteiger partial charge on any atom is 0.246 e. The van der Waals surface area contributed by atoms with Crippen molar-refractivity contribution in [1.29, 1.82) is 0 Å². The van der Waals surface area contributed by atoms with Crippen LogP contribution in [0.15, 0.2) is 54.6 Å². The number of rotatable bonds is 6. The van der Waals surface area contributed by atoms with Crippen molar-refractivity contribution in [2.24, 2.45) is 0 Å². The summed E-state index contributed by atoms with van der Waals surface area (Å²) in [6.45, 7) is 1.98. The second-order valence-corrected chi connectivity index (χ2v) is 5.99. The Bertz CT molecular complexity index is 863. The van der Waals surface area contributed by atoms with Crippen LogP contribution in [0, 0.1) is 5.82 Å². The molecule has 1 atom stereocenters. The van der Waals surface area contributed by atoms with Crippen LogP contribution in [0.25, 0.3) is 11.4 Å². The second-order valence-electron chi connectivity index (χ2n) is 5.99. The molecule has 0 saturated carbocycles. The number of aromatic nitrogens is 4. The maximum absolute atomic E-state index is 13.1. The fraction of sp³-hybridized carbons (Fsp3) is 0.263. The normalized spacial score (nSPS) is 12.0. The molecule has 1 heterocycles. The number of likely N-dealkylation sites (N-methyl/N-ethyl adjacent to an activating group) is 1. The predicted molar refractivity (Wildman–Crippen MR) is 95.5 cm³/mol. The van der Waals surface area contributed by atoms with E-state index in [1.165, 1.54) is 16.9 Å². The lowest BCUT2D eigenvalue weighted by Crippen LogP contribution is -2.34. The van der Waals surface area contributed by atoms with Gasteiger partial charge in [-0.25, -0.2) is 4.39 Å². The minimum absolute atomic E-state index is 0.00592. The topological polar surface area (TPSA) is 63.9 Å². The Balaban J connectivity index is 1.70. The summed E-state index contributed by atoms with van der Waals surface area (Å²) in [5, 5.41) is 12.2. The highest BCUT2D eigenvalue weighted by Crippen LogP contribution is 2.23. The first-order valence-electron chi connectivity index (χ1n) is 8.43. The van der Waals surface area contributed by atoms with Crippen molar-refractivity contribution >= 4 is 5.91 Å². The molecule has 6 nitrogen and oxygen atoms in total. The predicted octanol–water partition coefficient (Wildman–Crippen LogP) is 3.09. The lowest BCUT2D eigenvalue weighted by molar-refractivity contribution is -0.133. The molecule has 0 radical (unpaired) electrons. The molecular formula is C19H20FN5O. The molecule has 0 N–H and O–H groups in total. The van der Waals surface area contributed by atoms with Gasteiger partial charge in [-0.1, -0.05) is 49.4 Å². The fourth-order valence-electron chi connectivity index (χ4n) is 2.84. The van der Waals surface area contributed by atoms with Gasteiger partial charge in [0.2, 0.25) is 11.7 Å². The zero-order valence-corrected chi connectivity index (χ0v) is 14.7. The van der Waals surface area contributed by atoms with Crippen molar-refractivity contribution in [2.75, 3.05) is 7.05 Å². The van der Waals surface area contributed by atoms with Gasteiger partial charge in [0.05, 0.1) is 6.04 Å². The average molecular weight is 353 g/mol. The van der Waals surface area contributed by atoms with E-state index in [1.54, 1.807) is 24.1 Å². The Kier molecular flexibility index (Phi) is 5.36. The first-order chi connectivity index (χ1) is 12.6. The minimum atomic E-state index is -0.294. The number of amides is 1. The quantitative estimate of drug-likeness (QED) is 0.683. The van der Waals surface area contributed by atoms with E-state index in [4.69, 9.17) is 0 Å². The highest BCUT2D eigenvalue weighted by Gasteiger charge is 2.21. The Labute approximate surface area is 151 Å². The molecule has 0 spiro atoms. The van der Waals surface area contributed by atoms with E-state index in [1.807, 2.05) is 37.3 Å². The van der Waals surface area contributed by atoms with Crippen molar-refractivity contribution in [3.63, 3.8) is 0 Å². The van der Waals surface area contributed by atoms with Crippen LogP contribution in [0.1, 0.15) is 24.9 Å². The number of carbonyl (C=O) groups is 1. The molecule has 0 bridgehead atoms. The van der Waals surface area contributed by atoms with Gasteiger partial charge in [0, 0.05) is 12.6 Å². The standard InChI is InChI=1S/C19H20FN5O/c1-3-17(14-9-11-16(20)12-10-14)24(2)18(26)13-25-22-19(21-23-25)15-7-5-4-6-8-15/h4-12,17H,3,13H2,1-2H3/t17-/m0/s1. The van der Waals surface area contributed by atoms with Crippen LogP contribution in [0.4, 0.5) is 4.39 Å². The van der Waals surface area contributed by atoms with Crippen molar-refractivity contribution in [1.82, 2.24) is 25.1 Å². The molecular weight excluding hydrogens is 333 g/mol. The Morgan fingerprint density at radius 1 is 1.15 bits per heavy atom. The molecule has 3 rings (SSSR count). The lowest BCUT2D eigenvalue weighted by atomic mass is 10.0. The molecule has 3 aromatic rings. The summed E-state index contributed by atoms with van der Waals surface area (Å²) >= 11 is 0. The van der Waals surface area contributed by atoms with Crippen molar-refractivity contribution in [2.45, 2.75) is 25.9 Å². The van der Waals surface area contributed by atoms with Gasteiger partial charge in [0.1, 0.15) is 12.4 Å². The third-order valence-electron chi connectivity index (χ3n) is 4.26. The largest absolute Gasteiger partial charge is 0.337 e. The van der Waals surface area contributed by atoms with E-state index in [9.17, 15) is 9.18 Å². The summed E-state index contributed by atoms with van der Waals surface area (Å²) in [4.78, 5) is 15.5. The molecule has 0 fully saturated rings. The summed E-state index contributed by atoms with van der Waals surface area (Å²) < 4.78 is 13.1. The molecule has 134 valence electrons. The van der Waals surface area contributed by atoms with Gasteiger partial charge < -0.3 is 4.90 Å². The fourth-order valence-corrected chi connectivity index (χ4v) is 2.84. The minimum Gasteiger partial charge on any atom is -0.337 e. The Morgan fingerprint density at radius 3 is 2.50 bits per heavy atom. The van der Waals surface area contributed by atoms with Crippen molar-refractivity contribution < 1.29 is 9.18 Å². The number of benzene rings is 2. The number of hydrogen-bond donors (Lipinski definition) is 0. The molecule has 7 heteroatoms. The van der Waals surface area contributed by atoms with E-state index in [2.05, 4.69) is 15.4 Å². The van der Waals surface area contributed by atoms with E-state index in [0.717, 1.165) is 11.1 Å². The van der Waals surface area contributed by atoms with E-state index < -0.39 is 0 Å². The lowest BCUT2D eigenvalue weighted by Gasteiger charge is -2.27. The van der Waals surface area contributed by atoms with Gasteiger partial charge in [-0.3, -0.25) is 4.79 Å². The van der Waals surface area contributed by atoms with Crippen LogP contribution in [0.5, 0.6) is 0 Å². The molecule has 1 aromatic heterocycles. The number of carbonyl (C=O) groups excluding carboxylic acids is 1. The van der Waals surface area contributed by atoms with Crippen LogP contribution in [0.2, 0.25) is 0 Å². The van der Waals surface area contributed by atoms with Crippen molar-refractivity contribution in [3.05, 3.63) is 66.0 Å². The second kappa shape index (κ2) is 7.86. The SMILES string of the molecule is CC[C@@H](c1ccc(F)cc1)N(C)C(=O)Cn1nnc(-c2ccccc2)n1. The summed E-state index contributed by atoms with van der Waals surface area (Å²) in [6, 6.07) is 15.5. The first kappa shape index (κ1) is 17.7. The zero-order valence-electron chi connectivity index (χ0n) is 14.7. The van der Waals surface area contributed by atoms with Gasteiger partial charge in [-0.15, -0.1) is 10.2 Å². The summed E-state index contributed by atoms with van der Waals surface area (Å²) in [5.41, 5.74) is 1.73. The van der Waals surface area contributed by atoms with Crippen LogP contribution >= 0.6 is 0 Å². The first-order valence-corrected chi connectivity index (χ1v) is 8.43. The van der Waals surface area contributed by atoms with Crippen LogP contribution in [0.3, 0.4) is 0 Å². The molecule has 2 aromatic carbocycles. The third-order valence-corrected chi connectivity index (χ3v) is 4.26. The van der Waals surface area contributed by atoms with Crippen molar-refractivity contribution in [3.8, 4) is 11.4 Å². The zero-order chi connectivity index (χ0) is 18.5. The highest BCUT2D eigenvalue weighted by atomic mass is 19.1. The van der Waals surface area contributed by atoms with E-state index in [0.29, 0.717) is 12.2 Å². The molecule has 0 aliphatic heterocycles. The highest BCUT2D eigenvalue weighted by molar-refractivity contribution is 5.76. The molecule has 0 unspecified atom stereocenters. The van der Waals surface area contributed by atoms with E-state index in [-0.39, 0.29) is 24.3 Å². The molecule has 0 aliphatic carbocycles. The Morgan fingerprint density at radius 2 is 1.85 bits per heavy atom. The molecule has 26 heavy (non-hydrogen) atoms. The summed E-state index contributed by atoms with van der Waals surface area (Å²) in [5.74, 6) is 0.0441. The maximum atomic E-state index is 13.1. The number of nitrogens with zero attached hydrogens (tertiary/aromatic N) is 5. The van der Waals surface area contributed by atoms with Crippen LogP contribution in [-0.2, 0) is 11.3 Å². The smallest absolute Gasteiger partial charge is 0.246 e. The van der Waals surface area contributed by atoms with Crippen LogP contribution in [-0.4, -0.2) is 38.1 Å². The van der Waals surface area contributed by atoms with Crippen LogP contribution < -0.4 is 0 Å². The van der Waals surface area contributed by atoms with Gasteiger partial charge >= 0.3 is 0 Å². The van der Waals surface area contributed by atoms with Gasteiger partial charge in [0.25, 0.3) is 0 Å². The molecule has 1 amide bonds.